The van der Waals surface area contributed by atoms with Crippen molar-refractivity contribution in [2.45, 2.75) is 50.8 Å². The van der Waals surface area contributed by atoms with Gasteiger partial charge in [0.05, 0.1) is 47.8 Å². The van der Waals surface area contributed by atoms with Crippen LogP contribution in [0.5, 0.6) is 0 Å². The van der Waals surface area contributed by atoms with Crippen molar-refractivity contribution in [2.75, 3.05) is 25.0 Å². The number of hydrogen-bond donors (Lipinski definition) is 3. The molecule has 0 radical (unpaired) electrons. The van der Waals surface area contributed by atoms with Gasteiger partial charge >= 0.3 is 0 Å². The number of aliphatic hydroxyl groups is 1. The number of aryl methyl sites for hydroxylation is 1. The van der Waals surface area contributed by atoms with E-state index in [-0.39, 0.29) is 53.9 Å². The minimum Gasteiger partial charge on any atom is -0.493 e. The first-order valence-corrected chi connectivity index (χ1v) is 11.3. The van der Waals surface area contributed by atoms with Crippen molar-refractivity contribution in [3.05, 3.63) is 34.2 Å². The number of piperidine rings is 1. The number of imidazole rings is 1. The fourth-order valence-electron chi connectivity index (χ4n) is 4.73. The smallest absolute Gasteiger partial charge is 0.223 e. The molecule has 2 aliphatic heterocycles. The fraction of sp³-hybridized carbons (Fsp3) is 0.550. The zero-order chi connectivity index (χ0) is 22.6. The third-order valence-electron chi connectivity index (χ3n) is 6.29. The van der Waals surface area contributed by atoms with Gasteiger partial charge in [0.15, 0.2) is 5.82 Å². The second-order valence-electron chi connectivity index (χ2n) is 8.44. The lowest BCUT2D eigenvalue weighted by Gasteiger charge is -2.33. The molecule has 0 spiro atoms. The molecule has 1 unspecified atom stereocenters. The lowest BCUT2D eigenvalue weighted by Crippen LogP contribution is -2.48. The van der Waals surface area contributed by atoms with E-state index in [1.807, 2.05) is 18.4 Å². The molecule has 0 amide bonds. The Labute approximate surface area is 186 Å². The zero-order valence-corrected chi connectivity index (χ0v) is 18.5. The van der Waals surface area contributed by atoms with Crippen LogP contribution in [-0.4, -0.2) is 65.0 Å². The monoisotopic (exact) mass is 466 g/mol. The molecule has 9 nitrogen and oxygen atoms in total. The summed E-state index contributed by atoms with van der Waals surface area (Å²) in [6, 6.07) is -0.397. The molecule has 5 rings (SSSR count). The van der Waals surface area contributed by atoms with E-state index < -0.39 is 23.7 Å². The summed E-state index contributed by atoms with van der Waals surface area (Å²) in [5, 5.41) is 14.2. The van der Waals surface area contributed by atoms with Gasteiger partial charge in [0.1, 0.15) is 34.7 Å². The van der Waals surface area contributed by atoms with Crippen LogP contribution in [0.3, 0.4) is 0 Å². The van der Waals surface area contributed by atoms with Crippen LogP contribution < -0.4 is 16.0 Å². The van der Waals surface area contributed by atoms with Crippen LogP contribution in [0.1, 0.15) is 43.2 Å². The summed E-state index contributed by atoms with van der Waals surface area (Å²) in [4.78, 5) is 12.7. The van der Waals surface area contributed by atoms with Crippen molar-refractivity contribution < 1.29 is 22.8 Å². The average Bonchev–Trinajstić information content (AvgIpc) is 3.14. The maximum atomic E-state index is 15.0. The lowest BCUT2D eigenvalue weighted by molar-refractivity contribution is 0.0980. The highest BCUT2D eigenvalue weighted by Gasteiger charge is 2.36. The SMILES string of the molecule is Cc1nc2c3n1[C@@H](C)COC=3C(c1nc(N[C@@H]3CCN([SH]=O)C[C@H]3O)ncc1F)CC=2F. The van der Waals surface area contributed by atoms with Gasteiger partial charge in [0.25, 0.3) is 0 Å². The van der Waals surface area contributed by atoms with E-state index in [0.29, 0.717) is 36.5 Å². The summed E-state index contributed by atoms with van der Waals surface area (Å²) < 4.78 is 50.4. The number of halogens is 2. The minimum absolute atomic E-state index is 0.0186. The van der Waals surface area contributed by atoms with E-state index in [2.05, 4.69) is 20.3 Å². The van der Waals surface area contributed by atoms with Crippen molar-refractivity contribution in [1.82, 2.24) is 23.8 Å². The highest BCUT2D eigenvalue weighted by atomic mass is 32.2. The molecule has 2 aromatic rings. The molecule has 0 aromatic carbocycles. The number of ether oxygens (including phenoxy) is 1. The van der Waals surface area contributed by atoms with Gasteiger partial charge in [-0.2, -0.15) is 0 Å². The number of nitrogens with zero attached hydrogens (tertiary/aromatic N) is 5. The molecule has 2 aromatic heterocycles. The Morgan fingerprint density at radius 3 is 2.91 bits per heavy atom. The number of aromatic nitrogens is 4. The number of anilines is 1. The van der Waals surface area contributed by atoms with Gasteiger partial charge < -0.3 is 19.7 Å². The van der Waals surface area contributed by atoms with Crippen LogP contribution in [0, 0.1) is 12.7 Å². The number of aliphatic hydroxyl groups excluding tert-OH is 1. The molecule has 32 heavy (non-hydrogen) atoms. The Balaban J connectivity index is 1.51. The van der Waals surface area contributed by atoms with Gasteiger partial charge in [-0.05, 0) is 20.3 Å². The molecule has 0 saturated carbocycles. The highest BCUT2D eigenvalue weighted by Crippen LogP contribution is 2.36. The van der Waals surface area contributed by atoms with E-state index in [1.54, 1.807) is 4.31 Å². The molecule has 1 aliphatic carbocycles. The molecule has 0 bridgehead atoms. The number of β-amino-alcohol motifs (C(OH)–C–C–N with tert-alkyl or cyclic N) is 1. The topological polar surface area (TPSA) is 105 Å². The summed E-state index contributed by atoms with van der Waals surface area (Å²) in [5.41, 5.74) is 0.0308. The van der Waals surface area contributed by atoms with Crippen molar-refractivity contribution in [2.24, 2.45) is 0 Å². The van der Waals surface area contributed by atoms with Gasteiger partial charge in [-0.15, -0.1) is 0 Å². The third-order valence-corrected chi connectivity index (χ3v) is 6.88. The summed E-state index contributed by atoms with van der Waals surface area (Å²) in [5.74, 6) is -0.553. The van der Waals surface area contributed by atoms with E-state index in [4.69, 9.17) is 4.74 Å². The van der Waals surface area contributed by atoms with Crippen LogP contribution >= 0.6 is 0 Å². The van der Waals surface area contributed by atoms with Crippen LogP contribution in [0.2, 0.25) is 0 Å². The highest BCUT2D eigenvalue weighted by molar-refractivity contribution is 7.63. The van der Waals surface area contributed by atoms with E-state index >= 15 is 4.39 Å². The molecule has 1 fully saturated rings. The molecular formula is C20H24F2N6O3S. The van der Waals surface area contributed by atoms with Crippen molar-refractivity contribution in [3.63, 3.8) is 0 Å². The van der Waals surface area contributed by atoms with Crippen molar-refractivity contribution in [1.29, 1.82) is 0 Å². The first-order chi connectivity index (χ1) is 15.4. The van der Waals surface area contributed by atoms with Crippen molar-refractivity contribution >= 4 is 29.4 Å². The number of hydrogen-bond acceptors (Lipinski definition) is 7. The molecule has 4 heterocycles. The second-order valence-corrected chi connectivity index (χ2v) is 9.17. The van der Waals surface area contributed by atoms with Crippen LogP contribution in [0.15, 0.2) is 6.20 Å². The van der Waals surface area contributed by atoms with E-state index in [0.717, 1.165) is 6.20 Å². The molecule has 12 heteroatoms. The minimum atomic E-state index is -0.791. The molecule has 3 aliphatic rings. The van der Waals surface area contributed by atoms with E-state index in [1.165, 1.54) is 0 Å². The maximum Gasteiger partial charge on any atom is 0.223 e. The number of rotatable bonds is 4. The van der Waals surface area contributed by atoms with E-state index in [9.17, 15) is 13.7 Å². The largest absolute Gasteiger partial charge is 0.493 e. The Hall–Kier alpha value is -2.44. The molecule has 172 valence electrons. The Morgan fingerprint density at radius 1 is 1.34 bits per heavy atom. The lowest BCUT2D eigenvalue weighted by atomic mass is 9.93. The predicted octanol–water partition coefficient (Wildman–Crippen LogP) is -0.207. The van der Waals surface area contributed by atoms with Crippen LogP contribution in [-0.2, 0) is 16.6 Å². The fourth-order valence-corrected chi connectivity index (χ4v) is 5.17. The van der Waals surface area contributed by atoms with Crippen LogP contribution in [0.4, 0.5) is 14.7 Å². The summed E-state index contributed by atoms with van der Waals surface area (Å²) in [6.07, 6.45) is 0.660. The van der Waals surface area contributed by atoms with Gasteiger partial charge in [0, 0.05) is 19.5 Å². The summed E-state index contributed by atoms with van der Waals surface area (Å²) in [7, 11) is 0. The third kappa shape index (κ3) is 3.50. The van der Waals surface area contributed by atoms with Gasteiger partial charge in [-0.3, -0.25) is 0 Å². The average molecular weight is 467 g/mol. The normalized spacial score (nSPS) is 27.8. The molecule has 2 N–H and O–H groups in total. The first kappa shape index (κ1) is 21.4. The standard InChI is InChI=1S/C20H24F2N6O3S/c1-9-8-31-19-11(5-12(21)17-18(19)28(9)10(2)24-17)16-13(22)6-23-20(26-16)25-14-3-4-27(32-30)7-15(14)29/h6,9,11,14-15,29,32H,3-5,7-8H2,1-2H3,(H,23,25,26)/t9-,11?,14+,15+/m0/s1. The number of thiol groups is 1. The zero-order valence-electron chi connectivity index (χ0n) is 17.6. The van der Waals surface area contributed by atoms with Crippen LogP contribution in [0.25, 0.3) is 11.6 Å². The van der Waals surface area contributed by atoms with Gasteiger partial charge in [-0.25, -0.2) is 32.2 Å². The molecule has 1 saturated heterocycles. The molecule has 4 atom stereocenters. The summed E-state index contributed by atoms with van der Waals surface area (Å²) in [6.45, 7) is 4.90. The first-order valence-electron chi connectivity index (χ1n) is 10.5. The van der Waals surface area contributed by atoms with Gasteiger partial charge in [0.2, 0.25) is 5.95 Å². The Morgan fingerprint density at radius 2 is 2.16 bits per heavy atom. The van der Waals surface area contributed by atoms with Crippen molar-refractivity contribution in [3.8, 4) is 0 Å². The molecular weight excluding hydrogens is 442 g/mol. The Kier molecular flexibility index (Phi) is 5.46. The Bertz CT molecular complexity index is 1200. The van der Waals surface area contributed by atoms with Gasteiger partial charge in [-0.1, -0.05) is 0 Å². The quantitative estimate of drug-likeness (QED) is 0.536. The second kappa shape index (κ2) is 8.16. The maximum absolute atomic E-state index is 15.0. The predicted molar refractivity (Wildman–Crippen MR) is 113 cm³/mol. The summed E-state index contributed by atoms with van der Waals surface area (Å²) >= 11 is -0.137. The number of nitrogens with one attached hydrogen (secondary N) is 1.